The average molecular weight is 303 g/mol. The number of nitrogens with one attached hydrogen (secondary N) is 1. The van der Waals surface area contributed by atoms with Gasteiger partial charge in [-0.1, -0.05) is 42.2 Å². The van der Waals surface area contributed by atoms with E-state index in [2.05, 4.69) is 34.2 Å². The number of oxime groups is 1. The number of rotatable bonds is 2. The number of aromatic amines is 1. The summed E-state index contributed by atoms with van der Waals surface area (Å²) in [5.41, 5.74) is 4.21. The van der Waals surface area contributed by atoms with Gasteiger partial charge in [-0.3, -0.25) is 0 Å². The normalized spacial score (nSPS) is 22.3. The highest BCUT2D eigenvalue weighted by atomic mass is 32.2. The summed E-state index contributed by atoms with van der Waals surface area (Å²) in [6.07, 6.45) is 6.77. The van der Waals surface area contributed by atoms with Crippen LogP contribution in [0.5, 0.6) is 0 Å². The van der Waals surface area contributed by atoms with Gasteiger partial charge in [-0.05, 0) is 43.9 Å². The lowest BCUT2D eigenvalue weighted by molar-refractivity contribution is 0.315. The molecule has 1 aromatic carbocycles. The summed E-state index contributed by atoms with van der Waals surface area (Å²) in [7, 11) is 0. The lowest BCUT2D eigenvalue weighted by atomic mass is 9.99. The summed E-state index contributed by atoms with van der Waals surface area (Å²) in [6.45, 7) is 2.08. The van der Waals surface area contributed by atoms with E-state index in [0.717, 1.165) is 41.2 Å². The van der Waals surface area contributed by atoms with Crippen molar-refractivity contribution < 1.29 is 5.21 Å². The highest BCUT2D eigenvalue weighted by molar-refractivity contribution is 8.00. The zero-order valence-electron chi connectivity index (χ0n) is 12.3. The quantitative estimate of drug-likeness (QED) is 0.633. The molecule has 1 heterocycles. The van der Waals surface area contributed by atoms with E-state index in [-0.39, 0.29) is 5.25 Å². The Morgan fingerprint density at radius 3 is 3.00 bits per heavy atom. The second-order valence-electron chi connectivity index (χ2n) is 5.71. The van der Waals surface area contributed by atoms with Crippen LogP contribution in [-0.4, -0.2) is 26.1 Å². The van der Waals surface area contributed by atoms with E-state index in [0.29, 0.717) is 0 Å². The summed E-state index contributed by atoms with van der Waals surface area (Å²) < 4.78 is 0. The van der Waals surface area contributed by atoms with Crippen LogP contribution in [0.2, 0.25) is 0 Å². The van der Waals surface area contributed by atoms with Crippen molar-refractivity contribution in [2.75, 3.05) is 0 Å². The van der Waals surface area contributed by atoms with Crippen LogP contribution in [0.1, 0.15) is 44.1 Å². The summed E-state index contributed by atoms with van der Waals surface area (Å²) in [4.78, 5) is 8.02. The first-order chi connectivity index (χ1) is 10.3. The summed E-state index contributed by atoms with van der Waals surface area (Å²) in [5.74, 6) is 0. The molecule has 0 unspecified atom stereocenters. The molecule has 0 saturated heterocycles. The fourth-order valence-corrected chi connectivity index (χ4v) is 4.02. The Morgan fingerprint density at radius 2 is 2.14 bits per heavy atom. The van der Waals surface area contributed by atoms with Crippen LogP contribution >= 0.6 is 11.8 Å². The van der Waals surface area contributed by atoms with Gasteiger partial charge < -0.3 is 10.2 Å². The van der Waals surface area contributed by atoms with E-state index in [4.69, 9.17) is 0 Å². The minimum absolute atomic E-state index is 0.233. The smallest absolute Gasteiger partial charge is 0.167 e. The number of aromatic nitrogens is 2. The number of nitrogens with zero attached hydrogens (tertiary/aromatic N) is 2. The number of hydrogen-bond acceptors (Lipinski definition) is 4. The summed E-state index contributed by atoms with van der Waals surface area (Å²) in [5, 5.41) is 14.0. The topological polar surface area (TPSA) is 61.3 Å². The van der Waals surface area contributed by atoms with E-state index < -0.39 is 0 Å². The molecule has 1 fully saturated rings. The first-order valence-electron chi connectivity index (χ1n) is 7.60. The fraction of sp³-hybridized carbons (Fsp3) is 0.500. The molecule has 0 aliphatic heterocycles. The number of imidazole rings is 1. The van der Waals surface area contributed by atoms with Crippen LogP contribution in [0, 0.1) is 6.92 Å². The largest absolute Gasteiger partial charge is 0.411 e. The molecule has 1 aliphatic rings. The third-order valence-electron chi connectivity index (χ3n) is 4.02. The van der Waals surface area contributed by atoms with Gasteiger partial charge in [0.15, 0.2) is 5.16 Å². The van der Waals surface area contributed by atoms with E-state index in [9.17, 15) is 5.21 Å². The zero-order chi connectivity index (χ0) is 14.7. The van der Waals surface area contributed by atoms with E-state index in [1.54, 1.807) is 11.8 Å². The first-order valence-corrected chi connectivity index (χ1v) is 8.48. The fourth-order valence-electron chi connectivity index (χ4n) is 2.85. The molecule has 2 aromatic rings. The first kappa shape index (κ1) is 14.4. The molecule has 1 aliphatic carbocycles. The van der Waals surface area contributed by atoms with Gasteiger partial charge in [0.2, 0.25) is 0 Å². The maximum absolute atomic E-state index is 9.28. The Kier molecular flexibility index (Phi) is 4.48. The molecule has 0 radical (unpaired) electrons. The molecule has 1 aromatic heterocycles. The zero-order valence-corrected chi connectivity index (χ0v) is 13.1. The van der Waals surface area contributed by atoms with Crippen molar-refractivity contribution in [1.82, 2.24) is 9.97 Å². The molecular weight excluding hydrogens is 282 g/mol. The molecule has 5 heteroatoms. The predicted octanol–water partition coefficient (Wildman–Crippen LogP) is 4.52. The summed E-state index contributed by atoms with van der Waals surface area (Å²) >= 11 is 1.69. The Labute approximate surface area is 129 Å². The van der Waals surface area contributed by atoms with Crippen molar-refractivity contribution in [2.24, 2.45) is 5.16 Å². The Bertz CT molecular complexity index is 650. The van der Waals surface area contributed by atoms with Crippen molar-refractivity contribution >= 4 is 28.5 Å². The number of fused-ring (bicyclic) bond motifs is 1. The minimum Gasteiger partial charge on any atom is -0.411 e. The standard InChI is InChI=1S/C16H21N3OS/c1-11-8-9-12-14(10-11)18-16(17-12)21-15-7-5-3-2-4-6-13(15)19-20/h8-10,15,20H,2-7H2,1H3,(H,17,18)/b19-13+/t15-/m0/s1. The van der Waals surface area contributed by atoms with Gasteiger partial charge in [0.25, 0.3) is 0 Å². The van der Waals surface area contributed by atoms with Gasteiger partial charge in [0.1, 0.15) is 0 Å². The van der Waals surface area contributed by atoms with Crippen molar-refractivity contribution in [3.8, 4) is 0 Å². The Hall–Kier alpha value is -1.49. The van der Waals surface area contributed by atoms with E-state index >= 15 is 0 Å². The van der Waals surface area contributed by atoms with Crippen LogP contribution in [0.15, 0.2) is 28.5 Å². The lowest BCUT2D eigenvalue weighted by Crippen LogP contribution is -2.19. The van der Waals surface area contributed by atoms with Crippen LogP contribution in [-0.2, 0) is 0 Å². The summed E-state index contributed by atoms with van der Waals surface area (Å²) in [6, 6.07) is 6.24. The van der Waals surface area contributed by atoms with Crippen LogP contribution in [0.25, 0.3) is 11.0 Å². The molecule has 2 N–H and O–H groups in total. The number of benzene rings is 1. The predicted molar refractivity (Wildman–Crippen MR) is 87.4 cm³/mol. The van der Waals surface area contributed by atoms with Gasteiger partial charge in [-0.25, -0.2) is 4.98 Å². The Balaban J connectivity index is 1.81. The molecule has 0 spiro atoms. The number of aryl methyl sites for hydroxylation is 1. The number of hydrogen-bond donors (Lipinski definition) is 2. The molecular formula is C16H21N3OS. The van der Waals surface area contributed by atoms with Crippen molar-refractivity contribution in [2.45, 2.75) is 55.9 Å². The van der Waals surface area contributed by atoms with Gasteiger partial charge in [-0.15, -0.1) is 0 Å². The average Bonchev–Trinajstić information content (AvgIpc) is 2.84. The minimum atomic E-state index is 0.233. The molecule has 1 atom stereocenters. The molecule has 0 amide bonds. The molecule has 112 valence electrons. The molecule has 21 heavy (non-hydrogen) atoms. The molecule has 3 rings (SSSR count). The van der Waals surface area contributed by atoms with Crippen molar-refractivity contribution in [1.29, 1.82) is 0 Å². The van der Waals surface area contributed by atoms with Crippen LogP contribution < -0.4 is 0 Å². The second kappa shape index (κ2) is 6.52. The van der Waals surface area contributed by atoms with Crippen LogP contribution in [0.3, 0.4) is 0 Å². The SMILES string of the molecule is Cc1ccc2nc(S[C@H]3CCCCCC/C3=N\O)[nH]c2c1. The maximum Gasteiger partial charge on any atom is 0.167 e. The number of thioether (sulfide) groups is 1. The highest BCUT2D eigenvalue weighted by Crippen LogP contribution is 2.30. The van der Waals surface area contributed by atoms with Gasteiger partial charge >= 0.3 is 0 Å². The maximum atomic E-state index is 9.28. The number of H-pyrrole nitrogens is 1. The van der Waals surface area contributed by atoms with Gasteiger partial charge in [0, 0.05) is 0 Å². The van der Waals surface area contributed by atoms with E-state index in [1.807, 2.05) is 6.07 Å². The van der Waals surface area contributed by atoms with Gasteiger partial charge in [0.05, 0.1) is 22.0 Å². The molecule has 1 saturated carbocycles. The molecule has 0 bridgehead atoms. The molecule has 4 nitrogen and oxygen atoms in total. The third kappa shape index (κ3) is 3.40. The monoisotopic (exact) mass is 303 g/mol. The highest BCUT2D eigenvalue weighted by Gasteiger charge is 2.21. The second-order valence-corrected chi connectivity index (χ2v) is 6.90. The van der Waals surface area contributed by atoms with Crippen molar-refractivity contribution in [3.63, 3.8) is 0 Å². The van der Waals surface area contributed by atoms with Gasteiger partial charge in [-0.2, -0.15) is 0 Å². The third-order valence-corrected chi connectivity index (χ3v) is 5.23. The Morgan fingerprint density at radius 1 is 1.29 bits per heavy atom. The van der Waals surface area contributed by atoms with Crippen molar-refractivity contribution in [3.05, 3.63) is 23.8 Å². The lowest BCUT2D eigenvalue weighted by Gasteiger charge is -2.19. The van der Waals surface area contributed by atoms with E-state index in [1.165, 1.54) is 24.8 Å². The van der Waals surface area contributed by atoms with Crippen LogP contribution in [0.4, 0.5) is 0 Å².